The molecule has 1 saturated heterocycles. The Bertz CT molecular complexity index is 764. The van der Waals surface area contributed by atoms with Gasteiger partial charge in [0.1, 0.15) is 5.76 Å². The number of fused-ring (bicyclic) bond motifs is 1. The fourth-order valence-electron chi connectivity index (χ4n) is 3.46. The average Bonchev–Trinajstić information content (AvgIpc) is 2.84. The Labute approximate surface area is 153 Å². The fraction of sp³-hybridized carbons (Fsp3) is 0.526. The van der Waals surface area contributed by atoms with Crippen molar-refractivity contribution in [2.24, 2.45) is 5.41 Å². The van der Waals surface area contributed by atoms with Crippen LogP contribution in [0.25, 0.3) is 12.2 Å². The van der Waals surface area contributed by atoms with Crippen LogP contribution in [0, 0.1) is 5.41 Å². The molecule has 2 heterocycles. The second-order valence-electron chi connectivity index (χ2n) is 7.49. The van der Waals surface area contributed by atoms with E-state index >= 15 is 0 Å². The standard InChI is InChI=1S/C19H25N3O4/c1-19(2,12-17(23)24)13-21-7-9-22(10-8-21)18-15-11-14(25-3)5-4-6-16(15)26-20-18/h5-6,11H,7-10,12-13H2,1-3H3,(H,23,24). The molecule has 1 fully saturated rings. The topological polar surface area (TPSA) is 79.0 Å². The highest BCUT2D eigenvalue weighted by Crippen LogP contribution is 2.30. The number of hydrogen-bond donors (Lipinski definition) is 1. The summed E-state index contributed by atoms with van der Waals surface area (Å²) in [7, 11) is 1.62. The van der Waals surface area contributed by atoms with E-state index in [1.165, 1.54) is 0 Å². The summed E-state index contributed by atoms with van der Waals surface area (Å²) >= 11 is 0. The summed E-state index contributed by atoms with van der Waals surface area (Å²) in [6.45, 7) is 8.12. The molecule has 1 N–H and O–H groups in total. The van der Waals surface area contributed by atoms with Gasteiger partial charge in [0.2, 0.25) is 0 Å². The van der Waals surface area contributed by atoms with Crippen LogP contribution in [0.4, 0.5) is 5.82 Å². The number of nitrogens with zero attached hydrogens (tertiary/aromatic N) is 3. The predicted octanol–water partition coefficient (Wildman–Crippen LogP) is 2.47. The summed E-state index contributed by atoms with van der Waals surface area (Å²) in [4.78, 5) is 15.5. The molecule has 0 radical (unpaired) electrons. The number of anilines is 1. The molecule has 7 heteroatoms. The Hall–Kier alpha value is -2.50. The first-order valence-corrected chi connectivity index (χ1v) is 8.75. The number of aromatic nitrogens is 1. The lowest BCUT2D eigenvalue weighted by Crippen LogP contribution is -2.49. The molecule has 0 saturated carbocycles. The van der Waals surface area contributed by atoms with E-state index in [-0.39, 0.29) is 11.8 Å². The molecule has 26 heavy (non-hydrogen) atoms. The molecule has 0 amide bonds. The highest BCUT2D eigenvalue weighted by atomic mass is 16.5. The zero-order valence-electron chi connectivity index (χ0n) is 15.5. The van der Waals surface area contributed by atoms with E-state index < -0.39 is 5.97 Å². The maximum Gasteiger partial charge on any atom is 0.303 e. The second kappa shape index (κ2) is 7.40. The predicted molar refractivity (Wildman–Crippen MR) is 98.7 cm³/mol. The quantitative estimate of drug-likeness (QED) is 0.782. The van der Waals surface area contributed by atoms with Gasteiger partial charge >= 0.3 is 5.97 Å². The van der Waals surface area contributed by atoms with Gasteiger partial charge in [0.15, 0.2) is 11.6 Å². The van der Waals surface area contributed by atoms with Gasteiger partial charge in [0.05, 0.1) is 19.1 Å². The van der Waals surface area contributed by atoms with Crippen LogP contribution in [0.15, 0.2) is 22.1 Å². The minimum Gasteiger partial charge on any atom is -0.496 e. The van der Waals surface area contributed by atoms with Gasteiger partial charge in [-0.2, -0.15) is 0 Å². The van der Waals surface area contributed by atoms with Gasteiger partial charge in [0.25, 0.3) is 0 Å². The lowest BCUT2D eigenvalue weighted by Gasteiger charge is -2.38. The number of ether oxygens (including phenoxy) is 1. The second-order valence-corrected chi connectivity index (χ2v) is 7.49. The zero-order valence-corrected chi connectivity index (χ0v) is 15.5. The molecule has 1 aromatic rings. The number of allylic oxidation sites excluding steroid dienone is 1. The Kier molecular flexibility index (Phi) is 5.20. The Morgan fingerprint density at radius 1 is 1.35 bits per heavy atom. The van der Waals surface area contributed by atoms with Gasteiger partial charge in [-0.15, -0.1) is 5.73 Å². The van der Waals surface area contributed by atoms with Crippen LogP contribution in [0.3, 0.4) is 0 Å². The van der Waals surface area contributed by atoms with E-state index in [1.807, 2.05) is 19.9 Å². The SMILES string of the molecule is COC1=Cc2c(N3CCN(CC(C)(C)CC(=O)O)CC3)noc2C=C=C1. The molecule has 0 unspecified atom stereocenters. The van der Waals surface area contributed by atoms with E-state index in [4.69, 9.17) is 14.4 Å². The van der Waals surface area contributed by atoms with Crippen LogP contribution in [0.5, 0.6) is 0 Å². The van der Waals surface area contributed by atoms with Gasteiger partial charge in [-0.3, -0.25) is 9.69 Å². The van der Waals surface area contributed by atoms with Gasteiger partial charge in [-0.05, 0) is 11.5 Å². The third-order valence-corrected chi connectivity index (χ3v) is 4.65. The van der Waals surface area contributed by atoms with Crippen LogP contribution in [-0.2, 0) is 9.53 Å². The van der Waals surface area contributed by atoms with E-state index in [9.17, 15) is 4.79 Å². The van der Waals surface area contributed by atoms with Crippen LogP contribution < -0.4 is 4.90 Å². The first-order chi connectivity index (χ1) is 12.4. The van der Waals surface area contributed by atoms with Gasteiger partial charge in [-0.25, -0.2) is 0 Å². The van der Waals surface area contributed by atoms with E-state index in [0.29, 0.717) is 11.5 Å². The molecule has 0 bridgehead atoms. The summed E-state index contributed by atoms with van der Waals surface area (Å²) in [6.07, 6.45) is 5.62. The summed E-state index contributed by atoms with van der Waals surface area (Å²) in [5.41, 5.74) is 3.68. The average molecular weight is 359 g/mol. The largest absolute Gasteiger partial charge is 0.496 e. The van der Waals surface area contributed by atoms with Crippen molar-refractivity contribution in [3.05, 3.63) is 28.9 Å². The van der Waals surface area contributed by atoms with Crippen molar-refractivity contribution in [3.63, 3.8) is 0 Å². The van der Waals surface area contributed by atoms with Crippen LogP contribution in [-0.4, -0.2) is 61.0 Å². The van der Waals surface area contributed by atoms with E-state index in [1.54, 1.807) is 19.3 Å². The van der Waals surface area contributed by atoms with Crippen molar-refractivity contribution in [3.8, 4) is 0 Å². The number of piperazine rings is 1. The van der Waals surface area contributed by atoms with Gasteiger partial charge in [-0.1, -0.05) is 19.0 Å². The molecule has 140 valence electrons. The molecule has 1 aliphatic carbocycles. The third-order valence-electron chi connectivity index (χ3n) is 4.65. The molecule has 2 aliphatic rings. The van der Waals surface area contributed by atoms with Gasteiger partial charge < -0.3 is 19.3 Å². The third kappa shape index (κ3) is 4.18. The molecule has 7 nitrogen and oxygen atoms in total. The first kappa shape index (κ1) is 18.3. The number of carbonyl (C=O) groups is 1. The minimum absolute atomic E-state index is 0.175. The summed E-state index contributed by atoms with van der Waals surface area (Å²) in [5.74, 6) is 1.44. The molecular weight excluding hydrogens is 334 g/mol. The Morgan fingerprint density at radius 3 is 2.73 bits per heavy atom. The molecule has 0 spiro atoms. The normalized spacial score (nSPS) is 17.7. The van der Waals surface area contributed by atoms with Gasteiger partial charge in [0, 0.05) is 44.9 Å². The summed E-state index contributed by atoms with van der Waals surface area (Å²) in [5, 5.41) is 13.3. The van der Waals surface area contributed by atoms with Crippen LogP contribution in [0.1, 0.15) is 31.6 Å². The summed E-state index contributed by atoms with van der Waals surface area (Å²) in [6, 6.07) is 0. The van der Waals surface area contributed by atoms with Crippen molar-refractivity contribution in [2.45, 2.75) is 20.3 Å². The van der Waals surface area contributed by atoms with Crippen molar-refractivity contribution in [1.82, 2.24) is 10.1 Å². The number of rotatable bonds is 6. The number of methoxy groups -OCH3 is 1. The van der Waals surface area contributed by atoms with Crippen molar-refractivity contribution in [2.75, 3.05) is 44.7 Å². The van der Waals surface area contributed by atoms with Crippen molar-refractivity contribution in [1.29, 1.82) is 0 Å². The Balaban J connectivity index is 1.66. The first-order valence-electron chi connectivity index (χ1n) is 8.75. The molecule has 3 rings (SSSR count). The smallest absolute Gasteiger partial charge is 0.303 e. The fourth-order valence-corrected chi connectivity index (χ4v) is 3.46. The molecule has 1 aromatic heterocycles. The summed E-state index contributed by atoms with van der Waals surface area (Å²) < 4.78 is 10.8. The van der Waals surface area contributed by atoms with Crippen molar-refractivity contribution >= 4 is 23.9 Å². The molecule has 1 aliphatic heterocycles. The number of aliphatic carboxylic acids is 1. The van der Waals surface area contributed by atoms with E-state index in [2.05, 4.69) is 20.7 Å². The number of carboxylic acids is 1. The molecule has 0 atom stereocenters. The Morgan fingerprint density at radius 2 is 2.08 bits per heavy atom. The van der Waals surface area contributed by atoms with Crippen molar-refractivity contribution < 1.29 is 19.2 Å². The minimum atomic E-state index is -0.749. The molecular formula is C19H25N3O4. The lowest BCUT2D eigenvalue weighted by atomic mass is 9.88. The maximum atomic E-state index is 11.0. The van der Waals surface area contributed by atoms with E-state index in [0.717, 1.165) is 44.1 Å². The van der Waals surface area contributed by atoms with Crippen LogP contribution >= 0.6 is 0 Å². The maximum absolute atomic E-state index is 11.0. The lowest BCUT2D eigenvalue weighted by molar-refractivity contribution is -0.139. The highest BCUT2D eigenvalue weighted by molar-refractivity contribution is 5.74. The zero-order chi connectivity index (χ0) is 18.7. The number of hydrogen-bond acceptors (Lipinski definition) is 6. The highest BCUT2D eigenvalue weighted by Gasteiger charge is 2.29. The monoisotopic (exact) mass is 359 g/mol. The number of carboxylic acid groups (broad SMARTS) is 1. The molecule has 0 aromatic carbocycles. The van der Waals surface area contributed by atoms with Crippen LogP contribution in [0.2, 0.25) is 0 Å².